The quantitative estimate of drug-likeness (QED) is 0.850. The maximum atomic E-state index is 12.2. The molecule has 1 fully saturated rings. The van der Waals surface area contributed by atoms with Crippen LogP contribution in [0.1, 0.15) is 31.9 Å². The Morgan fingerprint density at radius 1 is 1.47 bits per heavy atom. The van der Waals surface area contributed by atoms with E-state index >= 15 is 0 Å². The van der Waals surface area contributed by atoms with Crippen LogP contribution in [0.3, 0.4) is 0 Å². The number of hydrogen-bond acceptors (Lipinski definition) is 3. The molecule has 1 saturated heterocycles. The molecule has 2 rings (SSSR count). The van der Waals surface area contributed by atoms with E-state index in [4.69, 9.17) is 5.73 Å². The first-order chi connectivity index (χ1) is 9.11. The number of aromatic nitrogens is 2. The molecule has 0 aromatic carbocycles. The van der Waals surface area contributed by atoms with E-state index in [0.29, 0.717) is 13.0 Å². The highest BCUT2D eigenvalue weighted by Crippen LogP contribution is 2.17. The fourth-order valence-corrected chi connectivity index (χ4v) is 2.46. The number of piperidine rings is 1. The van der Waals surface area contributed by atoms with Crippen molar-refractivity contribution in [3.8, 4) is 0 Å². The van der Waals surface area contributed by atoms with Gasteiger partial charge < -0.3 is 10.6 Å². The first kappa shape index (κ1) is 13.6. The lowest BCUT2D eigenvalue weighted by Gasteiger charge is -2.33. The van der Waals surface area contributed by atoms with Crippen molar-refractivity contribution in [2.75, 3.05) is 6.54 Å². The first-order valence-electron chi connectivity index (χ1n) is 6.73. The number of carbonyl (C=O) groups excluding carboxylic acids is 2. The minimum Gasteiger partial charge on any atom is -0.368 e. The maximum Gasteiger partial charge on any atom is 0.240 e. The zero-order valence-corrected chi connectivity index (χ0v) is 11.2. The Bertz CT molecular complexity index is 469. The molecule has 1 aromatic heterocycles. The minimum absolute atomic E-state index is 0.0650. The molecule has 0 bridgehead atoms. The zero-order chi connectivity index (χ0) is 13.8. The molecule has 19 heavy (non-hydrogen) atoms. The predicted molar refractivity (Wildman–Crippen MR) is 70.2 cm³/mol. The van der Waals surface area contributed by atoms with Crippen molar-refractivity contribution in [3.05, 3.63) is 18.0 Å². The van der Waals surface area contributed by atoms with Crippen LogP contribution in [0.5, 0.6) is 0 Å². The molecular formula is C13H20N4O2. The summed E-state index contributed by atoms with van der Waals surface area (Å²) in [6, 6.07) is 1.39. The zero-order valence-electron chi connectivity index (χ0n) is 11.2. The third-order valence-corrected chi connectivity index (χ3v) is 3.50. The average molecular weight is 264 g/mol. The Labute approximate surface area is 112 Å². The van der Waals surface area contributed by atoms with E-state index in [9.17, 15) is 9.59 Å². The van der Waals surface area contributed by atoms with Crippen molar-refractivity contribution in [2.24, 2.45) is 5.73 Å². The van der Waals surface area contributed by atoms with E-state index < -0.39 is 11.9 Å². The van der Waals surface area contributed by atoms with Crippen molar-refractivity contribution in [1.82, 2.24) is 14.7 Å². The molecule has 104 valence electrons. The summed E-state index contributed by atoms with van der Waals surface area (Å²) in [5.41, 5.74) is 6.10. The Hall–Kier alpha value is -1.85. The molecule has 2 N–H and O–H groups in total. The number of nitrogens with two attached hydrogens (primary N) is 1. The van der Waals surface area contributed by atoms with Crippen molar-refractivity contribution < 1.29 is 9.59 Å². The molecule has 0 radical (unpaired) electrons. The van der Waals surface area contributed by atoms with Crippen LogP contribution in [0.25, 0.3) is 0 Å². The van der Waals surface area contributed by atoms with Crippen LogP contribution in [0.2, 0.25) is 0 Å². The SMILES string of the molecule is CCn1ccc(CC(=O)N2CCCCC2C(N)=O)n1. The fourth-order valence-electron chi connectivity index (χ4n) is 2.46. The highest BCUT2D eigenvalue weighted by atomic mass is 16.2. The summed E-state index contributed by atoms with van der Waals surface area (Å²) in [5, 5.41) is 4.29. The summed E-state index contributed by atoms with van der Waals surface area (Å²) in [6.07, 6.45) is 4.63. The summed E-state index contributed by atoms with van der Waals surface area (Å²) in [4.78, 5) is 25.2. The van der Waals surface area contributed by atoms with E-state index in [1.165, 1.54) is 0 Å². The van der Waals surface area contributed by atoms with Crippen molar-refractivity contribution >= 4 is 11.8 Å². The van der Waals surface area contributed by atoms with Crippen LogP contribution < -0.4 is 5.73 Å². The standard InChI is InChI=1S/C13H20N4O2/c1-2-16-8-6-10(15-16)9-12(18)17-7-4-3-5-11(17)13(14)19/h6,8,11H,2-5,7,9H2,1H3,(H2,14,19). The number of likely N-dealkylation sites (tertiary alicyclic amines) is 1. The molecule has 1 atom stereocenters. The second kappa shape index (κ2) is 5.86. The van der Waals surface area contributed by atoms with Gasteiger partial charge in [0.1, 0.15) is 6.04 Å². The molecule has 1 aliphatic heterocycles. The van der Waals surface area contributed by atoms with Crippen molar-refractivity contribution in [1.29, 1.82) is 0 Å². The largest absolute Gasteiger partial charge is 0.368 e. The number of rotatable bonds is 4. The van der Waals surface area contributed by atoms with Gasteiger partial charge in [-0.1, -0.05) is 0 Å². The van der Waals surface area contributed by atoms with Gasteiger partial charge in [-0.05, 0) is 32.3 Å². The third-order valence-electron chi connectivity index (χ3n) is 3.50. The number of hydrogen-bond donors (Lipinski definition) is 1. The number of aryl methyl sites for hydroxylation is 1. The number of carbonyl (C=O) groups is 2. The molecule has 2 amide bonds. The van der Waals surface area contributed by atoms with Crippen LogP contribution in [0.4, 0.5) is 0 Å². The van der Waals surface area contributed by atoms with E-state index in [1.807, 2.05) is 19.2 Å². The number of primary amides is 1. The van der Waals surface area contributed by atoms with Gasteiger partial charge in [-0.2, -0.15) is 5.10 Å². The van der Waals surface area contributed by atoms with Gasteiger partial charge in [-0.15, -0.1) is 0 Å². The van der Waals surface area contributed by atoms with E-state index in [0.717, 1.165) is 25.1 Å². The van der Waals surface area contributed by atoms with Gasteiger partial charge in [0, 0.05) is 19.3 Å². The van der Waals surface area contributed by atoms with Crippen LogP contribution in [-0.2, 0) is 22.6 Å². The van der Waals surface area contributed by atoms with E-state index in [1.54, 1.807) is 9.58 Å². The minimum atomic E-state index is -0.450. The van der Waals surface area contributed by atoms with Gasteiger partial charge in [0.25, 0.3) is 0 Å². The van der Waals surface area contributed by atoms with Crippen LogP contribution in [-0.4, -0.2) is 39.1 Å². The predicted octanol–water partition coefficient (Wildman–Crippen LogP) is 0.312. The molecule has 0 spiro atoms. The van der Waals surface area contributed by atoms with Crippen molar-refractivity contribution in [3.63, 3.8) is 0 Å². The second-order valence-electron chi connectivity index (χ2n) is 4.84. The smallest absolute Gasteiger partial charge is 0.240 e. The lowest BCUT2D eigenvalue weighted by molar-refractivity contribution is -0.140. The van der Waals surface area contributed by atoms with Gasteiger partial charge in [0.2, 0.25) is 11.8 Å². The number of amides is 2. The highest BCUT2D eigenvalue weighted by molar-refractivity contribution is 5.87. The summed E-state index contributed by atoms with van der Waals surface area (Å²) >= 11 is 0. The van der Waals surface area contributed by atoms with Crippen LogP contribution in [0, 0.1) is 0 Å². The molecule has 6 nitrogen and oxygen atoms in total. The molecular weight excluding hydrogens is 244 g/mol. The highest BCUT2D eigenvalue weighted by Gasteiger charge is 2.30. The summed E-state index contributed by atoms with van der Waals surface area (Å²) in [5.74, 6) is -0.475. The molecule has 0 saturated carbocycles. The lowest BCUT2D eigenvalue weighted by Crippen LogP contribution is -2.51. The van der Waals surface area contributed by atoms with Gasteiger partial charge in [-0.3, -0.25) is 14.3 Å². The molecule has 1 aliphatic rings. The van der Waals surface area contributed by atoms with Gasteiger partial charge in [-0.25, -0.2) is 0 Å². The Morgan fingerprint density at radius 2 is 2.26 bits per heavy atom. The average Bonchev–Trinajstić information content (AvgIpc) is 2.86. The number of nitrogens with zero attached hydrogens (tertiary/aromatic N) is 3. The summed E-state index contributed by atoms with van der Waals surface area (Å²) in [6.45, 7) is 3.38. The summed E-state index contributed by atoms with van der Waals surface area (Å²) in [7, 11) is 0. The van der Waals surface area contributed by atoms with E-state index in [2.05, 4.69) is 5.10 Å². The molecule has 1 unspecified atom stereocenters. The normalized spacial score (nSPS) is 19.4. The molecule has 6 heteroatoms. The molecule has 1 aromatic rings. The maximum absolute atomic E-state index is 12.2. The second-order valence-corrected chi connectivity index (χ2v) is 4.84. The Morgan fingerprint density at radius 3 is 2.89 bits per heavy atom. The third kappa shape index (κ3) is 3.13. The monoisotopic (exact) mass is 264 g/mol. The van der Waals surface area contributed by atoms with Crippen LogP contribution >= 0.6 is 0 Å². The molecule has 0 aliphatic carbocycles. The lowest BCUT2D eigenvalue weighted by atomic mass is 10.0. The van der Waals surface area contributed by atoms with Gasteiger partial charge in [0.05, 0.1) is 12.1 Å². The van der Waals surface area contributed by atoms with Gasteiger partial charge >= 0.3 is 0 Å². The topological polar surface area (TPSA) is 81.2 Å². The van der Waals surface area contributed by atoms with Crippen molar-refractivity contribution in [2.45, 2.75) is 45.2 Å². The fraction of sp³-hybridized carbons (Fsp3) is 0.615. The van der Waals surface area contributed by atoms with Gasteiger partial charge in [0.15, 0.2) is 0 Å². The summed E-state index contributed by atoms with van der Waals surface area (Å²) < 4.78 is 1.78. The Balaban J connectivity index is 2.03. The molecule has 2 heterocycles. The van der Waals surface area contributed by atoms with Crippen LogP contribution in [0.15, 0.2) is 12.3 Å². The van der Waals surface area contributed by atoms with E-state index in [-0.39, 0.29) is 12.3 Å². The first-order valence-corrected chi connectivity index (χ1v) is 6.73. The Kier molecular flexibility index (Phi) is 4.19.